The molecule has 1 aromatic carbocycles. The van der Waals surface area contributed by atoms with E-state index in [0.29, 0.717) is 18.0 Å². The van der Waals surface area contributed by atoms with Crippen molar-refractivity contribution in [3.05, 3.63) is 29.3 Å². The van der Waals surface area contributed by atoms with E-state index in [1.165, 1.54) is 0 Å². The van der Waals surface area contributed by atoms with Crippen LogP contribution in [0.5, 0.6) is 0 Å². The number of nitrogens with zero attached hydrogens (tertiary/aromatic N) is 1. The molecule has 104 valence electrons. The third-order valence-electron chi connectivity index (χ3n) is 2.86. The Morgan fingerprint density at radius 1 is 1.42 bits per heavy atom. The van der Waals surface area contributed by atoms with Crippen molar-refractivity contribution in [1.82, 2.24) is 5.32 Å². The van der Waals surface area contributed by atoms with E-state index >= 15 is 0 Å². The van der Waals surface area contributed by atoms with E-state index in [9.17, 15) is 9.59 Å². The number of hydrogen-bond donors (Lipinski definition) is 2. The number of amides is 2. The molecule has 0 aliphatic carbocycles. The van der Waals surface area contributed by atoms with Gasteiger partial charge in [0.05, 0.1) is 6.54 Å². The lowest BCUT2D eigenvalue weighted by molar-refractivity contribution is -0.125. The summed E-state index contributed by atoms with van der Waals surface area (Å²) < 4.78 is 0. The molecule has 1 heterocycles. The highest BCUT2D eigenvalue weighted by Gasteiger charge is 2.33. The lowest BCUT2D eigenvalue weighted by Crippen LogP contribution is -2.43. The van der Waals surface area contributed by atoms with Crippen molar-refractivity contribution in [3.8, 4) is 0 Å². The number of rotatable bonds is 3. The first-order chi connectivity index (χ1) is 8.61. The van der Waals surface area contributed by atoms with Crippen LogP contribution in [0.1, 0.15) is 6.42 Å². The van der Waals surface area contributed by atoms with Gasteiger partial charge in [0, 0.05) is 17.3 Å². The zero-order chi connectivity index (χ0) is 13.1. The summed E-state index contributed by atoms with van der Waals surface area (Å²) in [6.07, 6.45) is 0.590. The molecule has 1 saturated heterocycles. The Morgan fingerprint density at radius 2 is 2.05 bits per heavy atom. The third-order valence-corrected chi connectivity index (χ3v) is 3.12. The molecule has 0 aromatic heterocycles. The van der Waals surface area contributed by atoms with Gasteiger partial charge in [-0.05, 0) is 30.7 Å². The number of nitrogens with two attached hydrogens (primary N) is 1. The minimum atomic E-state index is -0.475. The quantitative estimate of drug-likeness (QED) is 0.873. The predicted octanol–water partition coefficient (Wildman–Crippen LogP) is 0.942. The van der Waals surface area contributed by atoms with Crippen LogP contribution in [0.4, 0.5) is 5.69 Å². The molecule has 1 unspecified atom stereocenters. The van der Waals surface area contributed by atoms with E-state index < -0.39 is 6.04 Å². The maximum absolute atomic E-state index is 12.1. The minimum Gasteiger partial charge on any atom is -0.343 e. The summed E-state index contributed by atoms with van der Waals surface area (Å²) in [4.78, 5) is 24.9. The molecule has 0 bridgehead atoms. The average Bonchev–Trinajstić information content (AvgIpc) is 2.72. The van der Waals surface area contributed by atoms with E-state index in [4.69, 9.17) is 17.3 Å². The fourth-order valence-electron chi connectivity index (χ4n) is 1.94. The highest BCUT2D eigenvalue weighted by Crippen LogP contribution is 2.23. The Bertz CT molecular complexity index is 465. The van der Waals surface area contributed by atoms with Gasteiger partial charge in [-0.2, -0.15) is 0 Å². The SMILES string of the molecule is Cl.NCC(=O)NC1CCN(c2ccc(Cl)cc2)C1=O. The van der Waals surface area contributed by atoms with Crippen LogP contribution in [0.2, 0.25) is 5.02 Å². The summed E-state index contributed by atoms with van der Waals surface area (Å²) in [6.45, 7) is 0.473. The molecule has 1 aliphatic heterocycles. The van der Waals surface area contributed by atoms with Crippen LogP contribution in [0.15, 0.2) is 24.3 Å². The van der Waals surface area contributed by atoms with Crippen LogP contribution in [0.25, 0.3) is 0 Å². The van der Waals surface area contributed by atoms with Gasteiger partial charge in [0.1, 0.15) is 6.04 Å². The lowest BCUT2D eigenvalue weighted by Gasteiger charge is -2.17. The van der Waals surface area contributed by atoms with Gasteiger partial charge in [-0.1, -0.05) is 11.6 Å². The molecule has 3 N–H and O–H groups in total. The first-order valence-corrected chi connectivity index (χ1v) is 6.06. The monoisotopic (exact) mass is 303 g/mol. The second kappa shape index (κ2) is 6.75. The van der Waals surface area contributed by atoms with Gasteiger partial charge in [-0.15, -0.1) is 12.4 Å². The molecule has 0 saturated carbocycles. The first kappa shape index (κ1) is 15.8. The van der Waals surface area contributed by atoms with E-state index in [1.807, 2.05) is 0 Å². The van der Waals surface area contributed by atoms with Crippen molar-refractivity contribution in [3.63, 3.8) is 0 Å². The van der Waals surface area contributed by atoms with Crippen molar-refractivity contribution in [1.29, 1.82) is 0 Å². The standard InChI is InChI=1S/C12H14ClN3O2.ClH/c13-8-1-3-9(4-2-8)16-6-5-10(12(16)18)15-11(17)7-14;/h1-4,10H,5-7,14H2,(H,15,17);1H. The van der Waals surface area contributed by atoms with Crippen molar-refractivity contribution < 1.29 is 9.59 Å². The summed E-state index contributed by atoms with van der Waals surface area (Å²) in [7, 11) is 0. The van der Waals surface area contributed by atoms with E-state index in [2.05, 4.69) is 5.32 Å². The summed E-state index contributed by atoms with van der Waals surface area (Å²) in [6, 6.07) is 6.56. The van der Waals surface area contributed by atoms with Crippen LogP contribution in [-0.4, -0.2) is 30.9 Å². The van der Waals surface area contributed by atoms with Gasteiger partial charge in [-0.25, -0.2) is 0 Å². The molecule has 0 spiro atoms. The number of anilines is 1. The lowest BCUT2D eigenvalue weighted by atomic mass is 10.2. The Hall–Kier alpha value is -1.30. The van der Waals surface area contributed by atoms with Crippen LogP contribution >= 0.6 is 24.0 Å². The van der Waals surface area contributed by atoms with Crippen LogP contribution in [-0.2, 0) is 9.59 Å². The van der Waals surface area contributed by atoms with Crippen LogP contribution < -0.4 is 16.0 Å². The first-order valence-electron chi connectivity index (χ1n) is 5.68. The molecule has 2 amide bonds. The van der Waals surface area contributed by atoms with Gasteiger partial charge in [-0.3, -0.25) is 9.59 Å². The molecule has 1 fully saturated rings. The fraction of sp³-hybridized carbons (Fsp3) is 0.333. The second-order valence-corrected chi connectivity index (χ2v) is 4.52. The Balaban J connectivity index is 0.00000180. The molecule has 0 radical (unpaired) electrons. The number of nitrogens with one attached hydrogen (secondary N) is 1. The summed E-state index contributed by atoms with van der Waals surface area (Å²) in [5.41, 5.74) is 5.99. The van der Waals surface area contributed by atoms with Crippen molar-refractivity contribution in [2.24, 2.45) is 5.73 Å². The fourth-order valence-corrected chi connectivity index (χ4v) is 2.07. The number of benzene rings is 1. The number of halogens is 2. The van der Waals surface area contributed by atoms with Crippen molar-refractivity contribution in [2.45, 2.75) is 12.5 Å². The van der Waals surface area contributed by atoms with Crippen molar-refractivity contribution in [2.75, 3.05) is 18.0 Å². The van der Waals surface area contributed by atoms with Gasteiger partial charge in [0.2, 0.25) is 11.8 Å². The summed E-state index contributed by atoms with van der Waals surface area (Å²) in [5, 5.41) is 3.23. The molecule has 1 aromatic rings. The van der Waals surface area contributed by atoms with E-state index in [0.717, 1.165) is 5.69 Å². The molecule has 1 aliphatic rings. The molecule has 19 heavy (non-hydrogen) atoms. The Labute approximate surface area is 122 Å². The van der Waals surface area contributed by atoms with Gasteiger partial charge < -0.3 is 16.0 Å². The summed E-state index contributed by atoms with van der Waals surface area (Å²) >= 11 is 5.80. The molecular formula is C12H15Cl2N3O2. The highest BCUT2D eigenvalue weighted by atomic mass is 35.5. The largest absolute Gasteiger partial charge is 0.343 e. The van der Waals surface area contributed by atoms with Gasteiger partial charge >= 0.3 is 0 Å². The van der Waals surface area contributed by atoms with Crippen LogP contribution in [0, 0.1) is 0 Å². The van der Waals surface area contributed by atoms with Crippen molar-refractivity contribution >= 4 is 41.5 Å². The van der Waals surface area contributed by atoms with E-state index in [-0.39, 0.29) is 30.8 Å². The topological polar surface area (TPSA) is 75.4 Å². The van der Waals surface area contributed by atoms with E-state index in [1.54, 1.807) is 29.2 Å². The normalized spacial score (nSPS) is 18.1. The Morgan fingerprint density at radius 3 is 2.63 bits per heavy atom. The Kier molecular flexibility index (Phi) is 5.60. The third kappa shape index (κ3) is 3.59. The minimum absolute atomic E-state index is 0. The number of carbonyl (C=O) groups excluding carboxylic acids is 2. The van der Waals surface area contributed by atoms with Crippen LogP contribution in [0.3, 0.4) is 0 Å². The van der Waals surface area contributed by atoms with Gasteiger partial charge in [0.15, 0.2) is 0 Å². The zero-order valence-corrected chi connectivity index (χ0v) is 11.7. The smallest absolute Gasteiger partial charge is 0.249 e. The zero-order valence-electron chi connectivity index (χ0n) is 10.1. The molecular weight excluding hydrogens is 289 g/mol. The number of hydrogen-bond acceptors (Lipinski definition) is 3. The summed E-state index contributed by atoms with van der Waals surface area (Å²) in [5.74, 6) is -0.426. The van der Waals surface area contributed by atoms with Gasteiger partial charge in [0.25, 0.3) is 0 Å². The maximum atomic E-state index is 12.1. The highest BCUT2D eigenvalue weighted by molar-refractivity contribution is 6.30. The molecule has 1 atom stereocenters. The second-order valence-electron chi connectivity index (χ2n) is 4.08. The maximum Gasteiger partial charge on any atom is 0.249 e. The molecule has 2 rings (SSSR count). The predicted molar refractivity (Wildman–Crippen MR) is 76.7 cm³/mol. The molecule has 5 nitrogen and oxygen atoms in total. The number of carbonyl (C=O) groups is 2. The average molecular weight is 304 g/mol. The molecule has 7 heteroatoms.